The summed E-state index contributed by atoms with van der Waals surface area (Å²) in [7, 11) is 0. The molecular formula is C9H11ClOS. The van der Waals surface area contributed by atoms with Crippen LogP contribution in [0.15, 0.2) is 35.2 Å². The highest BCUT2D eigenvalue weighted by atomic mass is 35.5. The van der Waals surface area contributed by atoms with Crippen LogP contribution >= 0.6 is 23.4 Å². The third-order valence-electron chi connectivity index (χ3n) is 1.36. The molecule has 1 aromatic rings. The molecule has 0 aromatic heterocycles. The van der Waals surface area contributed by atoms with E-state index in [0.717, 1.165) is 0 Å². The number of benzene rings is 1. The van der Waals surface area contributed by atoms with Gasteiger partial charge in [-0.2, -0.15) is 0 Å². The molecule has 1 atom stereocenters. The van der Waals surface area contributed by atoms with Gasteiger partial charge in [-0.25, -0.2) is 0 Å². The first-order valence-corrected chi connectivity index (χ1v) is 5.27. The van der Waals surface area contributed by atoms with E-state index in [4.69, 9.17) is 16.7 Å². The van der Waals surface area contributed by atoms with Crippen molar-refractivity contribution in [1.29, 1.82) is 0 Å². The second kappa shape index (κ2) is 5.46. The SMILES string of the molecule is OC(CCl)CSc1ccccc1. The van der Waals surface area contributed by atoms with Gasteiger partial charge in [0.25, 0.3) is 0 Å². The molecule has 0 aliphatic heterocycles. The molecule has 3 heteroatoms. The molecule has 0 heterocycles. The third kappa shape index (κ3) is 3.48. The van der Waals surface area contributed by atoms with E-state index in [9.17, 15) is 0 Å². The van der Waals surface area contributed by atoms with Crippen molar-refractivity contribution >= 4 is 23.4 Å². The Labute approximate surface area is 81.7 Å². The largest absolute Gasteiger partial charge is 0.391 e. The van der Waals surface area contributed by atoms with Crippen LogP contribution in [-0.4, -0.2) is 22.8 Å². The summed E-state index contributed by atoms with van der Waals surface area (Å²) in [4.78, 5) is 1.17. The predicted molar refractivity (Wildman–Crippen MR) is 53.9 cm³/mol. The highest BCUT2D eigenvalue weighted by Gasteiger charge is 2.01. The maximum absolute atomic E-state index is 9.17. The number of alkyl halides is 1. The molecular weight excluding hydrogens is 192 g/mol. The summed E-state index contributed by atoms with van der Waals surface area (Å²) < 4.78 is 0. The average Bonchev–Trinajstić information content (AvgIpc) is 2.16. The molecule has 66 valence electrons. The molecule has 0 fully saturated rings. The molecule has 1 aromatic carbocycles. The molecule has 0 radical (unpaired) electrons. The van der Waals surface area contributed by atoms with E-state index in [1.165, 1.54) is 4.90 Å². The van der Waals surface area contributed by atoms with Crippen molar-refractivity contribution in [2.45, 2.75) is 11.0 Å². The molecule has 0 bridgehead atoms. The fourth-order valence-corrected chi connectivity index (χ4v) is 1.84. The minimum absolute atomic E-state index is 0.305. The highest BCUT2D eigenvalue weighted by Crippen LogP contribution is 2.17. The molecule has 0 saturated carbocycles. The first-order chi connectivity index (χ1) is 5.83. The molecule has 1 nitrogen and oxygen atoms in total. The van der Waals surface area contributed by atoms with E-state index in [1.54, 1.807) is 11.8 Å². The fourth-order valence-electron chi connectivity index (χ4n) is 0.754. The standard InChI is InChI=1S/C9H11ClOS/c10-6-8(11)7-12-9-4-2-1-3-5-9/h1-5,8,11H,6-7H2. The van der Waals surface area contributed by atoms with Gasteiger partial charge in [-0.1, -0.05) is 18.2 Å². The van der Waals surface area contributed by atoms with Crippen LogP contribution in [0.2, 0.25) is 0 Å². The van der Waals surface area contributed by atoms with Crippen LogP contribution in [0, 0.1) is 0 Å². The van der Waals surface area contributed by atoms with Gasteiger partial charge in [0, 0.05) is 16.5 Å². The molecule has 0 amide bonds. The molecule has 0 spiro atoms. The maximum Gasteiger partial charge on any atom is 0.0769 e. The van der Waals surface area contributed by atoms with Crippen LogP contribution in [-0.2, 0) is 0 Å². The lowest BCUT2D eigenvalue weighted by atomic mass is 10.4. The molecule has 1 unspecified atom stereocenters. The number of hydrogen-bond donors (Lipinski definition) is 1. The van der Waals surface area contributed by atoms with Crippen molar-refractivity contribution in [3.8, 4) is 0 Å². The second-order valence-electron chi connectivity index (χ2n) is 2.43. The molecule has 1 rings (SSSR count). The Morgan fingerprint density at radius 2 is 2.00 bits per heavy atom. The van der Waals surface area contributed by atoms with Crippen LogP contribution in [0.5, 0.6) is 0 Å². The Bertz CT molecular complexity index is 215. The minimum atomic E-state index is -0.406. The number of rotatable bonds is 4. The summed E-state index contributed by atoms with van der Waals surface area (Å²) in [5, 5.41) is 9.17. The summed E-state index contributed by atoms with van der Waals surface area (Å²) in [6.07, 6.45) is -0.406. The molecule has 0 aliphatic rings. The van der Waals surface area contributed by atoms with Crippen LogP contribution in [0.25, 0.3) is 0 Å². The van der Waals surface area contributed by atoms with E-state index in [-0.39, 0.29) is 0 Å². The summed E-state index contributed by atoms with van der Waals surface area (Å²) in [6.45, 7) is 0. The van der Waals surface area contributed by atoms with Gasteiger partial charge in [-0.15, -0.1) is 23.4 Å². The first kappa shape index (κ1) is 9.90. The van der Waals surface area contributed by atoms with Crippen molar-refractivity contribution in [3.63, 3.8) is 0 Å². The van der Waals surface area contributed by atoms with Crippen molar-refractivity contribution < 1.29 is 5.11 Å². The van der Waals surface area contributed by atoms with E-state index in [1.807, 2.05) is 30.3 Å². The number of halogens is 1. The Kier molecular flexibility index (Phi) is 4.51. The lowest BCUT2D eigenvalue weighted by molar-refractivity contribution is 0.223. The van der Waals surface area contributed by atoms with Gasteiger partial charge in [0.05, 0.1) is 6.10 Å². The zero-order valence-corrected chi connectivity index (χ0v) is 8.18. The number of thioether (sulfide) groups is 1. The zero-order chi connectivity index (χ0) is 8.81. The van der Waals surface area contributed by atoms with Crippen molar-refractivity contribution in [2.75, 3.05) is 11.6 Å². The van der Waals surface area contributed by atoms with Crippen LogP contribution in [0.3, 0.4) is 0 Å². The van der Waals surface area contributed by atoms with E-state index >= 15 is 0 Å². The number of aliphatic hydroxyl groups is 1. The van der Waals surface area contributed by atoms with Crippen LogP contribution in [0.1, 0.15) is 0 Å². The van der Waals surface area contributed by atoms with Gasteiger partial charge in [0.1, 0.15) is 0 Å². The topological polar surface area (TPSA) is 20.2 Å². The van der Waals surface area contributed by atoms with Gasteiger partial charge < -0.3 is 5.11 Å². The van der Waals surface area contributed by atoms with Gasteiger partial charge in [-0.05, 0) is 12.1 Å². The minimum Gasteiger partial charge on any atom is -0.391 e. The Morgan fingerprint density at radius 3 is 2.58 bits per heavy atom. The molecule has 0 aliphatic carbocycles. The van der Waals surface area contributed by atoms with Gasteiger partial charge in [-0.3, -0.25) is 0 Å². The smallest absolute Gasteiger partial charge is 0.0769 e. The van der Waals surface area contributed by atoms with Crippen molar-refractivity contribution in [3.05, 3.63) is 30.3 Å². The van der Waals surface area contributed by atoms with Gasteiger partial charge in [0.2, 0.25) is 0 Å². The normalized spacial score (nSPS) is 12.8. The Morgan fingerprint density at radius 1 is 1.33 bits per heavy atom. The lowest BCUT2D eigenvalue weighted by Crippen LogP contribution is -2.10. The predicted octanol–water partition coefficient (Wildman–Crippen LogP) is 2.38. The Balaban J connectivity index is 2.33. The van der Waals surface area contributed by atoms with Crippen LogP contribution in [0.4, 0.5) is 0 Å². The molecule has 0 saturated heterocycles. The number of hydrogen-bond acceptors (Lipinski definition) is 2. The zero-order valence-electron chi connectivity index (χ0n) is 6.61. The molecule has 1 N–H and O–H groups in total. The summed E-state index contributed by atoms with van der Waals surface area (Å²) in [5.41, 5.74) is 0. The van der Waals surface area contributed by atoms with Crippen molar-refractivity contribution in [1.82, 2.24) is 0 Å². The average molecular weight is 203 g/mol. The first-order valence-electron chi connectivity index (χ1n) is 3.75. The molecule has 12 heavy (non-hydrogen) atoms. The second-order valence-corrected chi connectivity index (χ2v) is 3.83. The van der Waals surface area contributed by atoms with Crippen LogP contribution < -0.4 is 0 Å². The monoisotopic (exact) mass is 202 g/mol. The lowest BCUT2D eigenvalue weighted by Gasteiger charge is -2.05. The number of aliphatic hydroxyl groups excluding tert-OH is 1. The van der Waals surface area contributed by atoms with Gasteiger partial charge >= 0.3 is 0 Å². The summed E-state index contributed by atoms with van der Waals surface area (Å²) >= 11 is 7.07. The Hall–Kier alpha value is -0.180. The van der Waals surface area contributed by atoms with Crippen molar-refractivity contribution in [2.24, 2.45) is 0 Å². The maximum atomic E-state index is 9.17. The van der Waals surface area contributed by atoms with E-state index < -0.39 is 6.10 Å². The van der Waals surface area contributed by atoms with E-state index in [0.29, 0.717) is 11.6 Å². The summed E-state index contributed by atoms with van der Waals surface area (Å²) in [6, 6.07) is 9.98. The highest BCUT2D eigenvalue weighted by molar-refractivity contribution is 7.99. The third-order valence-corrected chi connectivity index (χ3v) is 2.88. The summed E-state index contributed by atoms with van der Waals surface area (Å²) in [5.74, 6) is 0.966. The quantitative estimate of drug-likeness (QED) is 0.598. The van der Waals surface area contributed by atoms with Gasteiger partial charge in [0.15, 0.2) is 0 Å². The van der Waals surface area contributed by atoms with E-state index in [2.05, 4.69) is 0 Å². The fraction of sp³-hybridized carbons (Fsp3) is 0.333.